The summed E-state index contributed by atoms with van der Waals surface area (Å²) in [5.41, 5.74) is 3.26. The Bertz CT molecular complexity index is 1300. The van der Waals surface area contributed by atoms with Gasteiger partial charge in [0, 0.05) is 22.3 Å². The quantitative estimate of drug-likeness (QED) is 0.531. The van der Waals surface area contributed by atoms with E-state index in [4.69, 9.17) is 5.14 Å². The van der Waals surface area contributed by atoms with Gasteiger partial charge in [-0.3, -0.25) is 4.79 Å². The number of amides is 1. The van der Waals surface area contributed by atoms with Crippen LogP contribution < -0.4 is 10.5 Å². The third kappa shape index (κ3) is 4.06. The lowest BCUT2D eigenvalue weighted by molar-refractivity contribution is -0.116. The van der Waals surface area contributed by atoms with Crippen molar-refractivity contribution in [3.05, 3.63) is 84.9 Å². The van der Waals surface area contributed by atoms with Crippen molar-refractivity contribution in [1.82, 2.24) is 4.57 Å². The third-order valence-electron chi connectivity index (χ3n) is 4.63. The summed E-state index contributed by atoms with van der Waals surface area (Å²) in [6.45, 7) is 0.0807. The molecule has 0 spiro atoms. The van der Waals surface area contributed by atoms with Crippen LogP contribution in [0.25, 0.3) is 22.2 Å². The van der Waals surface area contributed by atoms with Crippen molar-refractivity contribution in [2.24, 2.45) is 5.14 Å². The molecule has 3 N–H and O–H groups in total. The Balaban J connectivity index is 1.67. The van der Waals surface area contributed by atoms with Gasteiger partial charge >= 0.3 is 0 Å². The van der Waals surface area contributed by atoms with E-state index in [1.165, 1.54) is 18.2 Å². The van der Waals surface area contributed by atoms with Gasteiger partial charge in [0.2, 0.25) is 15.9 Å². The number of rotatable bonds is 5. The van der Waals surface area contributed by atoms with E-state index in [0.29, 0.717) is 5.69 Å². The Morgan fingerprint density at radius 3 is 2.38 bits per heavy atom. The second-order valence-electron chi connectivity index (χ2n) is 6.66. The van der Waals surface area contributed by atoms with E-state index in [2.05, 4.69) is 11.4 Å². The maximum Gasteiger partial charge on any atom is 0.244 e. The van der Waals surface area contributed by atoms with Crippen LogP contribution >= 0.6 is 0 Å². The van der Waals surface area contributed by atoms with Crippen molar-refractivity contribution >= 4 is 32.5 Å². The number of nitrogens with zero attached hydrogens (tertiary/aromatic N) is 1. The summed E-state index contributed by atoms with van der Waals surface area (Å²) in [4.78, 5) is 12.7. The van der Waals surface area contributed by atoms with Gasteiger partial charge in [0.15, 0.2) is 0 Å². The second kappa shape index (κ2) is 7.54. The van der Waals surface area contributed by atoms with Crippen LogP contribution in [-0.4, -0.2) is 18.9 Å². The standard InChI is InChI=1S/C22H19N3O3S/c23-29(27,28)19-11-6-10-18(14-19)24-22(26)15-25-20-12-5-4-9-17(20)13-21(25)16-7-2-1-3-8-16/h1-14H,15H2,(H,24,26)(H2,23,27,28). The fourth-order valence-corrected chi connectivity index (χ4v) is 3.88. The van der Waals surface area contributed by atoms with E-state index in [1.54, 1.807) is 6.07 Å². The van der Waals surface area contributed by atoms with Crippen molar-refractivity contribution in [3.63, 3.8) is 0 Å². The monoisotopic (exact) mass is 405 g/mol. The molecule has 29 heavy (non-hydrogen) atoms. The molecule has 0 aliphatic heterocycles. The minimum Gasteiger partial charge on any atom is -0.331 e. The molecule has 0 unspecified atom stereocenters. The number of benzene rings is 3. The molecule has 0 aliphatic carbocycles. The molecule has 0 radical (unpaired) electrons. The maximum atomic E-state index is 12.8. The van der Waals surface area contributed by atoms with Crippen LogP contribution in [0.1, 0.15) is 0 Å². The Morgan fingerprint density at radius 1 is 0.897 bits per heavy atom. The number of primary sulfonamides is 1. The normalized spacial score (nSPS) is 11.5. The van der Waals surface area contributed by atoms with Gasteiger partial charge in [0.25, 0.3) is 0 Å². The molecule has 1 heterocycles. The molecule has 0 fully saturated rings. The second-order valence-corrected chi connectivity index (χ2v) is 8.22. The van der Waals surface area contributed by atoms with Gasteiger partial charge in [-0.25, -0.2) is 13.6 Å². The number of carbonyl (C=O) groups is 1. The lowest BCUT2D eigenvalue weighted by Gasteiger charge is -2.12. The minimum atomic E-state index is -3.84. The van der Waals surface area contributed by atoms with Crippen LogP contribution in [0, 0.1) is 0 Å². The minimum absolute atomic E-state index is 0.0494. The van der Waals surface area contributed by atoms with E-state index in [-0.39, 0.29) is 17.3 Å². The van der Waals surface area contributed by atoms with Crippen molar-refractivity contribution in [2.75, 3.05) is 5.32 Å². The molecule has 4 rings (SSSR count). The highest BCUT2D eigenvalue weighted by molar-refractivity contribution is 7.89. The first-order valence-electron chi connectivity index (χ1n) is 8.98. The summed E-state index contributed by atoms with van der Waals surface area (Å²) < 4.78 is 25.0. The topological polar surface area (TPSA) is 94.2 Å². The summed E-state index contributed by atoms with van der Waals surface area (Å²) >= 11 is 0. The van der Waals surface area contributed by atoms with Gasteiger partial charge in [-0.15, -0.1) is 0 Å². The van der Waals surface area contributed by atoms with Crippen LogP contribution in [0.4, 0.5) is 5.69 Å². The van der Waals surface area contributed by atoms with Crippen molar-refractivity contribution in [1.29, 1.82) is 0 Å². The number of nitrogens with one attached hydrogen (secondary N) is 1. The molecule has 6 nitrogen and oxygen atoms in total. The van der Waals surface area contributed by atoms with Crippen LogP contribution in [0.15, 0.2) is 89.8 Å². The summed E-state index contributed by atoms with van der Waals surface area (Å²) in [7, 11) is -3.84. The smallest absolute Gasteiger partial charge is 0.244 e. The number of aromatic nitrogens is 1. The molecule has 0 aliphatic rings. The summed E-state index contributed by atoms with van der Waals surface area (Å²) in [6, 6.07) is 25.7. The predicted molar refractivity (Wildman–Crippen MR) is 114 cm³/mol. The first kappa shape index (κ1) is 18.9. The SMILES string of the molecule is NS(=O)(=O)c1cccc(NC(=O)Cn2c(-c3ccccc3)cc3ccccc32)c1. The number of hydrogen-bond donors (Lipinski definition) is 2. The predicted octanol–water partition coefficient (Wildman–Crippen LogP) is 3.59. The first-order valence-corrected chi connectivity index (χ1v) is 10.5. The third-order valence-corrected chi connectivity index (χ3v) is 5.54. The summed E-state index contributed by atoms with van der Waals surface area (Å²) in [5, 5.41) is 8.96. The summed E-state index contributed by atoms with van der Waals surface area (Å²) in [5.74, 6) is -0.268. The lowest BCUT2D eigenvalue weighted by atomic mass is 10.1. The largest absolute Gasteiger partial charge is 0.331 e. The Kier molecular flexibility index (Phi) is 4.92. The van der Waals surface area contributed by atoms with Crippen molar-refractivity contribution in [3.8, 4) is 11.3 Å². The number of para-hydroxylation sites is 1. The summed E-state index contributed by atoms with van der Waals surface area (Å²) in [6.07, 6.45) is 0. The number of sulfonamides is 1. The molecule has 0 saturated carbocycles. The zero-order chi connectivity index (χ0) is 20.4. The van der Waals surface area contributed by atoms with Crippen LogP contribution in [0.5, 0.6) is 0 Å². The molecule has 1 amide bonds. The molecule has 0 atom stereocenters. The molecule has 146 valence electrons. The Labute approximate surface area is 168 Å². The fraction of sp³-hybridized carbons (Fsp3) is 0.0455. The lowest BCUT2D eigenvalue weighted by Crippen LogP contribution is -2.19. The zero-order valence-electron chi connectivity index (χ0n) is 15.4. The highest BCUT2D eigenvalue weighted by atomic mass is 32.2. The van der Waals surface area contributed by atoms with Gasteiger partial charge in [0.05, 0.1) is 4.90 Å². The molecular weight excluding hydrogens is 386 g/mol. The molecule has 4 aromatic rings. The van der Waals surface area contributed by atoms with Crippen LogP contribution in [0.3, 0.4) is 0 Å². The number of hydrogen-bond acceptors (Lipinski definition) is 3. The first-order chi connectivity index (χ1) is 13.9. The average Bonchev–Trinajstić information content (AvgIpc) is 3.07. The Hall–Kier alpha value is -3.42. The van der Waals surface area contributed by atoms with Gasteiger partial charge in [-0.2, -0.15) is 0 Å². The highest BCUT2D eigenvalue weighted by Crippen LogP contribution is 2.28. The van der Waals surface area contributed by atoms with Gasteiger partial charge in [-0.05, 0) is 35.9 Å². The molecule has 1 aromatic heterocycles. The van der Waals surface area contributed by atoms with E-state index in [1.807, 2.05) is 59.2 Å². The molecular formula is C22H19N3O3S. The average molecular weight is 405 g/mol. The highest BCUT2D eigenvalue weighted by Gasteiger charge is 2.14. The van der Waals surface area contributed by atoms with E-state index in [0.717, 1.165) is 22.2 Å². The van der Waals surface area contributed by atoms with E-state index in [9.17, 15) is 13.2 Å². The maximum absolute atomic E-state index is 12.8. The number of carbonyl (C=O) groups excluding carboxylic acids is 1. The van der Waals surface area contributed by atoms with E-state index >= 15 is 0 Å². The Morgan fingerprint density at radius 2 is 1.62 bits per heavy atom. The van der Waals surface area contributed by atoms with Gasteiger partial charge in [0.1, 0.15) is 6.54 Å². The van der Waals surface area contributed by atoms with Gasteiger partial charge < -0.3 is 9.88 Å². The van der Waals surface area contributed by atoms with Crippen LogP contribution in [0.2, 0.25) is 0 Å². The zero-order valence-corrected chi connectivity index (χ0v) is 16.3. The molecule has 7 heteroatoms. The van der Waals surface area contributed by atoms with Crippen molar-refractivity contribution < 1.29 is 13.2 Å². The van der Waals surface area contributed by atoms with E-state index < -0.39 is 10.0 Å². The van der Waals surface area contributed by atoms with Gasteiger partial charge in [-0.1, -0.05) is 54.6 Å². The van der Waals surface area contributed by atoms with Crippen molar-refractivity contribution in [2.45, 2.75) is 11.4 Å². The van der Waals surface area contributed by atoms with Crippen LogP contribution in [-0.2, 0) is 21.4 Å². The molecule has 0 bridgehead atoms. The molecule has 0 saturated heterocycles. The number of fused-ring (bicyclic) bond motifs is 1. The number of anilines is 1. The number of nitrogens with two attached hydrogens (primary N) is 1. The molecule has 3 aromatic carbocycles. The fourth-order valence-electron chi connectivity index (χ4n) is 3.32.